The van der Waals surface area contributed by atoms with Gasteiger partial charge in [0.15, 0.2) is 11.7 Å². The number of terminal acetylenes is 1. The lowest BCUT2D eigenvalue weighted by Crippen LogP contribution is -2.44. The number of nitrogens with zero attached hydrogens (tertiary/aromatic N) is 4. The molecule has 0 bridgehead atoms. The van der Waals surface area contributed by atoms with Gasteiger partial charge in [0.05, 0.1) is 0 Å². The molecule has 1 fully saturated rings. The number of ether oxygens (including phenoxy) is 1. The minimum absolute atomic E-state index is 0.144. The molecule has 28 heavy (non-hydrogen) atoms. The van der Waals surface area contributed by atoms with Gasteiger partial charge >= 0.3 is 0 Å². The molecule has 1 aliphatic heterocycles. The first-order valence-electron chi connectivity index (χ1n) is 9.90. The van der Waals surface area contributed by atoms with Crippen molar-refractivity contribution in [3.8, 4) is 18.7 Å². The molecule has 1 atom stereocenters. The number of nitrogens with one attached hydrogen (secondary N) is 2. The van der Waals surface area contributed by atoms with Gasteiger partial charge in [0.1, 0.15) is 12.4 Å². The van der Waals surface area contributed by atoms with Gasteiger partial charge in [-0.1, -0.05) is 27.7 Å². The number of likely N-dealkylation sites (N-methyl/N-ethyl adjacent to an activating group) is 1. The number of amidine groups is 1. The Labute approximate surface area is 170 Å². The third-order valence-corrected chi connectivity index (χ3v) is 4.39. The van der Waals surface area contributed by atoms with E-state index in [-0.39, 0.29) is 11.7 Å². The van der Waals surface area contributed by atoms with Crippen LogP contribution in [0.2, 0.25) is 0 Å². The third kappa shape index (κ3) is 8.11. The maximum absolute atomic E-state index is 7.65. The number of hydrogen-bond donors (Lipinski definition) is 3. The average molecular weight is 392 g/mol. The van der Waals surface area contributed by atoms with Crippen LogP contribution in [-0.2, 0) is 0 Å². The van der Waals surface area contributed by atoms with Crippen LogP contribution in [0.5, 0.6) is 5.88 Å². The number of piperazine rings is 1. The van der Waals surface area contributed by atoms with Gasteiger partial charge in [0.2, 0.25) is 5.88 Å². The van der Waals surface area contributed by atoms with Gasteiger partial charge in [-0.25, -0.2) is 4.98 Å². The van der Waals surface area contributed by atoms with Crippen LogP contribution in [0.4, 0.5) is 5.82 Å². The van der Waals surface area contributed by atoms with Crippen molar-refractivity contribution < 1.29 is 4.74 Å². The van der Waals surface area contributed by atoms with Crippen molar-refractivity contribution in [2.45, 2.75) is 40.2 Å². The predicted molar refractivity (Wildman–Crippen MR) is 117 cm³/mol. The maximum atomic E-state index is 7.65. The van der Waals surface area contributed by atoms with E-state index in [1.54, 1.807) is 0 Å². The van der Waals surface area contributed by atoms with Crippen molar-refractivity contribution >= 4 is 11.7 Å². The number of nitrogens with two attached hydrogens (primary N) is 1. The molecule has 1 aromatic rings. The van der Waals surface area contributed by atoms with E-state index < -0.39 is 0 Å². The van der Waals surface area contributed by atoms with Crippen LogP contribution in [-0.4, -0.2) is 73.1 Å². The number of aromatic nitrogens is 2. The van der Waals surface area contributed by atoms with E-state index >= 15 is 0 Å². The van der Waals surface area contributed by atoms with Crippen LogP contribution < -0.4 is 20.7 Å². The van der Waals surface area contributed by atoms with Gasteiger partial charge < -0.3 is 25.6 Å². The lowest BCUT2D eigenvalue weighted by Gasteiger charge is -2.29. The second-order valence-corrected chi connectivity index (χ2v) is 5.99. The summed E-state index contributed by atoms with van der Waals surface area (Å²) < 4.78 is 5.92. The molecule has 0 spiro atoms. The van der Waals surface area contributed by atoms with Crippen molar-refractivity contribution in [3.05, 3.63) is 11.9 Å². The third-order valence-electron chi connectivity index (χ3n) is 4.39. The SMILES string of the molecule is C#C.CC.CC[C@@H](COc1cc(N2CCNCC2)nc(C(=N)N)n1)N(C)CC. The molecule has 0 unspecified atom stereocenters. The molecule has 4 N–H and O–H groups in total. The summed E-state index contributed by atoms with van der Waals surface area (Å²) in [7, 11) is 2.09. The van der Waals surface area contributed by atoms with E-state index in [0.717, 1.165) is 45.0 Å². The van der Waals surface area contributed by atoms with E-state index in [4.69, 9.17) is 15.9 Å². The molecule has 2 heterocycles. The van der Waals surface area contributed by atoms with Crippen molar-refractivity contribution in [2.75, 3.05) is 51.3 Å². The zero-order valence-corrected chi connectivity index (χ0v) is 18.0. The Balaban J connectivity index is 0.00000171. The Morgan fingerprint density at radius 2 is 1.93 bits per heavy atom. The van der Waals surface area contributed by atoms with Gasteiger partial charge in [-0.3, -0.25) is 5.41 Å². The van der Waals surface area contributed by atoms with Crippen molar-refractivity contribution in [3.63, 3.8) is 0 Å². The Hall–Kier alpha value is -2.37. The van der Waals surface area contributed by atoms with Crippen LogP contribution in [0.3, 0.4) is 0 Å². The normalized spacial score (nSPS) is 14.2. The second-order valence-electron chi connectivity index (χ2n) is 5.99. The van der Waals surface area contributed by atoms with Gasteiger partial charge in [0.25, 0.3) is 0 Å². The number of hydrogen-bond acceptors (Lipinski definition) is 7. The topological polar surface area (TPSA) is 103 Å². The highest BCUT2D eigenvalue weighted by atomic mass is 16.5. The summed E-state index contributed by atoms with van der Waals surface area (Å²) in [5.74, 6) is 1.32. The monoisotopic (exact) mass is 391 g/mol. The maximum Gasteiger partial charge on any atom is 0.219 e. The molecule has 1 aliphatic rings. The average Bonchev–Trinajstić information content (AvgIpc) is 2.77. The van der Waals surface area contributed by atoms with Crippen LogP contribution in [0.25, 0.3) is 0 Å². The van der Waals surface area contributed by atoms with Gasteiger partial charge in [0, 0.05) is 38.3 Å². The fourth-order valence-corrected chi connectivity index (χ4v) is 2.66. The summed E-state index contributed by atoms with van der Waals surface area (Å²) in [6.07, 6.45) is 9.00. The minimum atomic E-state index is -0.144. The highest BCUT2D eigenvalue weighted by molar-refractivity contribution is 5.91. The summed E-state index contributed by atoms with van der Waals surface area (Å²) in [5.41, 5.74) is 5.60. The van der Waals surface area contributed by atoms with Gasteiger partial charge in [-0.15, -0.1) is 12.8 Å². The fraction of sp³-hybridized carbons (Fsp3) is 0.650. The highest BCUT2D eigenvalue weighted by Gasteiger charge is 2.17. The smallest absolute Gasteiger partial charge is 0.219 e. The zero-order chi connectivity index (χ0) is 21.5. The van der Waals surface area contributed by atoms with Crippen LogP contribution in [0.1, 0.15) is 39.9 Å². The number of nitrogen functional groups attached to an aromatic ring is 1. The van der Waals surface area contributed by atoms with E-state index in [0.29, 0.717) is 18.5 Å². The van der Waals surface area contributed by atoms with Crippen molar-refractivity contribution in [2.24, 2.45) is 5.73 Å². The molecule has 0 radical (unpaired) electrons. The summed E-state index contributed by atoms with van der Waals surface area (Å²) in [4.78, 5) is 13.1. The van der Waals surface area contributed by atoms with Gasteiger partial charge in [-0.2, -0.15) is 4.98 Å². The lowest BCUT2D eigenvalue weighted by atomic mass is 10.2. The molecule has 8 heteroatoms. The molecule has 2 rings (SSSR count). The molecule has 0 aromatic carbocycles. The Kier molecular flexibility index (Phi) is 13.4. The molecular weight excluding hydrogens is 354 g/mol. The first-order chi connectivity index (χ1) is 13.5. The van der Waals surface area contributed by atoms with E-state index in [2.05, 4.69) is 58.8 Å². The number of rotatable bonds is 8. The molecule has 0 amide bonds. The zero-order valence-electron chi connectivity index (χ0n) is 18.0. The lowest BCUT2D eigenvalue weighted by molar-refractivity contribution is 0.159. The molecule has 0 aliphatic carbocycles. The molecule has 158 valence electrons. The summed E-state index contributed by atoms with van der Waals surface area (Å²) >= 11 is 0. The van der Waals surface area contributed by atoms with Crippen LogP contribution >= 0.6 is 0 Å². The molecule has 8 nitrogen and oxygen atoms in total. The second kappa shape index (κ2) is 14.7. The van der Waals surface area contributed by atoms with E-state index in [1.807, 2.05) is 19.9 Å². The van der Waals surface area contributed by atoms with Crippen molar-refractivity contribution in [1.29, 1.82) is 5.41 Å². The predicted octanol–water partition coefficient (Wildman–Crippen LogP) is 1.55. The molecule has 0 saturated carbocycles. The largest absolute Gasteiger partial charge is 0.476 e. The van der Waals surface area contributed by atoms with Gasteiger partial charge in [-0.05, 0) is 20.0 Å². The summed E-state index contributed by atoms with van der Waals surface area (Å²) in [6, 6.07) is 2.17. The van der Waals surface area contributed by atoms with Crippen LogP contribution in [0.15, 0.2) is 6.07 Å². The highest BCUT2D eigenvalue weighted by Crippen LogP contribution is 2.19. The van der Waals surface area contributed by atoms with E-state index in [9.17, 15) is 0 Å². The van der Waals surface area contributed by atoms with Crippen LogP contribution in [0, 0.1) is 18.3 Å². The summed E-state index contributed by atoms with van der Waals surface area (Å²) in [5, 5.41) is 11.0. The van der Waals surface area contributed by atoms with E-state index in [1.165, 1.54) is 0 Å². The molecule has 1 aromatic heterocycles. The molecular formula is C20H37N7O. The molecule has 1 saturated heterocycles. The fourth-order valence-electron chi connectivity index (χ4n) is 2.66. The Morgan fingerprint density at radius 3 is 2.43 bits per heavy atom. The first kappa shape index (κ1) is 25.6. The Bertz CT molecular complexity index is 585. The summed E-state index contributed by atoms with van der Waals surface area (Å²) in [6.45, 7) is 13.3. The van der Waals surface area contributed by atoms with Crippen molar-refractivity contribution in [1.82, 2.24) is 20.2 Å². The Morgan fingerprint density at radius 1 is 1.32 bits per heavy atom. The number of anilines is 1. The minimum Gasteiger partial charge on any atom is -0.476 e. The standard InChI is InChI=1S/C16H29N7O.C2H6.C2H2/c1-4-12(22(3)5-2)11-24-14-10-13(20-16(21-14)15(17)18)23-8-6-19-7-9-23;2*1-2/h10,12,19H,4-9,11H2,1-3H3,(H3,17,18);1-2H3;1-2H/t12-;;/m0../s1. The quantitative estimate of drug-likeness (QED) is 0.351. The first-order valence-corrected chi connectivity index (χ1v) is 9.90.